The van der Waals surface area contributed by atoms with E-state index in [4.69, 9.17) is 0 Å². The van der Waals surface area contributed by atoms with E-state index in [1.807, 2.05) is 0 Å². The molecule has 0 aliphatic heterocycles. The predicted octanol–water partition coefficient (Wildman–Crippen LogP) is -0.924. The smallest absolute Gasteiger partial charge is 0.291 e. The van der Waals surface area contributed by atoms with Crippen molar-refractivity contribution in [2.75, 3.05) is 0 Å². The van der Waals surface area contributed by atoms with Crippen molar-refractivity contribution in [3.05, 3.63) is 12.4 Å². The highest BCUT2D eigenvalue weighted by Gasteiger charge is 1.92. The van der Waals surface area contributed by atoms with Gasteiger partial charge in [-0.15, -0.1) is 0 Å². The topological polar surface area (TPSA) is 104 Å². The Kier molecular flexibility index (Phi) is 1.50. The molecule has 0 aliphatic rings. The molecule has 0 aromatic carbocycles. The van der Waals surface area contributed by atoms with Crippen molar-refractivity contribution in [1.29, 1.82) is 0 Å². The van der Waals surface area contributed by atoms with Gasteiger partial charge in [0.25, 0.3) is 5.78 Å². The van der Waals surface area contributed by atoms with E-state index < -0.39 is 0 Å². The van der Waals surface area contributed by atoms with Gasteiger partial charge in [-0.25, -0.2) is 4.98 Å². The van der Waals surface area contributed by atoms with Crippen LogP contribution in [0.4, 0.5) is 0 Å². The molecule has 2 rings (SSSR count). The number of aromatic nitrogens is 6. The molecule has 52 valence electrons. The van der Waals surface area contributed by atoms with E-state index in [-0.39, 0.29) is 6.15 Å². The highest BCUT2D eigenvalue weighted by Crippen LogP contribution is 1.81. The summed E-state index contributed by atoms with van der Waals surface area (Å²) in [7, 11) is 0. The maximum atomic E-state index is 3.81. The van der Waals surface area contributed by atoms with Crippen molar-refractivity contribution in [2.45, 2.75) is 0 Å². The van der Waals surface area contributed by atoms with Crippen molar-refractivity contribution < 1.29 is 0 Å². The van der Waals surface area contributed by atoms with Gasteiger partial charge in [-0.3, -0.25) is 0 Å². The van der Waals surface area contributed by atoms with Crippen molar-refractivity contribution >= 4 is 5.78 Å². The summed E-state index contributed by atoms with van der Waals surface area (Å²) in [6.07, 6.45) is 3.05. The summed E-state index contributed by atoms with van der Waals surface area (Å²) >= 11 is 0. The number of tetrazole rings is 1. The van der Waals surface area contributed by atoms with Gasteiger partial charge in [-0.1, -0.05) is 9.73 Å². The highest BCUT2D eigenvalue weighted by atomic mass is 15.6. The molecule has 0 aliphatic carbocycles. The minimum absolute atomic E-state index is 0. The van der Waals surface area contributed by atoms with E-state index in [9.17, 15) is 0 Å². The number of rotatable bonds is 0. The molecule has 7 heteroatoms. The molecular formula is C3H5N7. The zero-order valence-electron chi connectivity index (χ0n) is 5.05. The van der Waals surface area contributed by atoms with Crippen molar-refractivity contribution in [1.82, 2.24) is 36.4 Å². The van der Waals surface area contributed by atoms with Gasteiger partial charge in [-0.05, 0) is 10.4 Å². The molecule has 2 heterocycles. The van der Waals surface area contributed by atoms with E-state index in [0.29, 0.717) is 5.78 Å². The minimum atomic E-state index is 0. The highest BCUT2D eigenvalue weighted by molar-refractivity contribution is 5.16. The first-order valence-electron chi connectivity index (χ1n) is 2.32. The lowest BCUT2D eigenvalue weighted by Crippen LogP contribution is -1.93. The van der Waals surface area contributed by atoms with Crippen molar-refractivity contribution in [3.63, 3.8) is 0 Å². The number of fused-ring (bicyclic) bond motifs is 1. The fourth-order valence-corrected chi connectivity index (χ4v) is 0.523. The lowest BCUT2D eigenvalue weighted by atomic mass is 10.9. The molecule has 3 N–H and O–H groups in total. The third-order valence-electron chi connectivity index (χ3n) is 0.870. The van der Waals surface area contributed by atoms with E-state index >= 15 is 0 Å². The summed E-state index contributed by atoms with van der Waals surface area (Å²) in [5.74, 6) is 0.414. The van der Waals surface area contributed by atoms with Gasteiger partial charge in [0.1, 0.15) is 0 Å². The lowest BCUT2D eigenvalue weighted by Gasteiger charge is -1.80. The van der Waals surface area contributed by atoms with E-state index in [1.54, 1.807) is 0 Å². The van der Waals surface area contributed by atoms with Crippen LogP contribution < -0.4 is 6.15 Å². The average molecular weight is 139 g/mol. The standard InChI is InChI=1S/C3H2N6.H3N/c1-2-5-9-3(4-1)6-7-8-9;/h1-2H;1H3. The van der Waals surface area contributed by atoms with Gasteiger partial charge in [0, 0.05) is 0 Å². The molecule has 0 atom stereocenters. The van der Waals surface area contributed by atoms with Crippen LogP contribution in [0.5, 0.6) is 0 Å². The minimum Gasteiger partial charge on any atom is -0.344 e. The van der Waals surface area contributed by atoms with Crippen LogP contribution >= 0.6 is 0 Å². The molecule has 0 unspecified atom stereocenters. The Labute approximate surface area is 55.7 Å². The summed E-state index contributed by atoms with van der Waals surface area (Å²) in [6, 6.07) is 0. The van der Waals surface area contributed by atoms with Gasteiger partial charge >= 0.3 is 0 Å². The zero-order valence-corrected chi connectivity index (χ0v) is 5.05. The normalized spacial score (nSPS) is 9.20. The van der Waals surface area contributed by atoms with Crippen LogP contribution in [0.15, 0.2) is 12.4 Å². The van der Waals surface area contributed by atoms with E-state index in [1.165, 1.54) is 17.0 Å². The molecular weight excluding hydrogens is 134 g/mol. The van der Waals surface area contributed by atoms with Gasteiger partial charge in [0.15, 0.2) is 0 Å². The largest absolute Gasteiger partial charge is 0.344 e. The number of hydrogen-bond donors (Lipinski definition) is 1. The van der Waals surface area contributed by atoms with Crippen molar-refractivity contribution in [2.24, 2.45) is 0 Å². The van der Waals surface area contributed by atoms with E-state index in [0.717, 1.165) is 0 Å². The Morgan fingerprint density at radius 3 is 3.00 bits per heavy atom. The van der Waals surface area contributed by atoms with E-state index in [2.05, 4.69) is 25.6 Å². The number of nitrogens with zero attached hydrogens (tertiary/aromatic N) is 6. The maximum absolute atomic E-state index is 3.81. The van der Waals surface area contributed by atoms with Gasteiger partial charge in [-0.2, -0.15) is 5.10 Å². The summed E-state index contributed by atoms with van der Waals surface area (Å²) in [4.78, 5) is 3.81. The maximum Gasteiger partial charge on any atom is 0.291 e. The third kappa shape index (κ3) is 0.778. The van der Waals surface area contributed by atoms with Gasteiger partial charge < -0.3 is 6.15 Å². The Morgan fingerprint density at radius 1 is 1.30 bits per heavy atom. The average Bonchev–Trinajstić information content (AvgIpc) is 2.33. The second-order valence-corrected chi connectivity index (χ2v) is 1.41. The van der Waals surface area contributed by atoms with Crippen LogP contribution in [0.1, 0.15) is 0 Å². The van der Waals surface area contributed by atoms with Crippen LogP contribution in [-0.4, -0.2) is 30.2 Å². The molecule has 0 radical (unpaired) electrons. The molecule has 2 aromatic rings. The number of hydrogen-bond acceptors (Lipinski definition) is 6. The molecule has 7 nitrogen and oxygen atoms in total. The first-order chi connectivity index (χ1) is 4.47. The third-order valence-corrected chi connectivity index (χ3v) is 0.870. The first-order valence-corrected chi connectivity index (χ1v) is 2.32. The lowest BCUT2D eigenvalue weighted by molar-refractivity contribution is 0.725. The monoisotopic (exact) mass is 139 g/mol. The second-order valence-electron chi connectivity index (χ2n) is 1.41. The van der Waals surface area contributed by atoms with Crippen LogP contribution in [0, 0.1) is 0 Å². The Hall–Kier alpha value is -1.63. The van der Waals surface area contributed by atoms with Gasteiger partial charge in [0.2, 0.25) is 0 Å². The summed E-state index contributed by atoms with van der Waals surface area (Å²) in [5, 5.41) is 14.1. The molecule has 0 spiro atoms. The molecule has 10 heavy (non-hydrogen) atoms. The van der Waals surface area contributed by atoms with Crippen LogP contribution in [0.3, 0.4) is 0 Å². The van der Waals surface area contributed by atoms with Crippen molar-refractivity contribution in [3.8, 4) is 0 Å². The quantitative estimate of drug-likeness (QED) is 0.506. The van der Waals surface area contributed by atoms with Gasteiger partial charge in [0.05, 0.1) is 12.4 Å². The predicted molar refractivity (Wildman–Crippen MR) is 31.4 cm³/mol. The molecule has 0 saturated carbocycles. The Bertz CT molecular complexity index is 283. The summed E-state index contributed by atoms with van der Waals surface area (Å²) in [6.45, 7) is 0. The van der Waals surface area contributed by atoms with Crippen LogP contribution in [0.2, 0.25) is 0 Å². The molecule has 0 saturated heterocycles. The summed E-state index contributed by atoms with van der Waals surface area (Å²) < 4.78 is 1.25. The van der Waals surface area contributed by atoms with Crippen LogP contribution in [0.25, 0.3) is 5.78 Å². The Balaban J connectivity index is 0.000000500. The SMILES string of the molecule is N.c1cnn2nnnc2n1. The molecule has 0 fully saturated rings. The zero-order chi connectivity index (χ0) is 6.10. The van der Waals surface area contributed by atoms with Crippen LogP contribution in [-0.2, 0) is 0 Å². The fourth-order valence-electron chi connectivity index (χ4n) is 0.523. The molecule has 2 aromatic heterocycles. The second kappa shape index (κ2) is 2.31. The summed E-state index contributed by atoms with van der Waals surface area (Å²) in [5.41, 5.74) is 0. The molecule has 0 amide bonds. The first kappa shape index (κ1) is 6.49. The Morgan fingerprint density at radius 2 is 2.20 bits per heavy atom. The fraction of sp³-hybridized carbons (Fsp3) is 0. The molecule has 0 bridgehead atoms.